The third-order valence-corrected chi connectivity index (χ3v) is 7.39. The van der Waals surface area contributed by atoms with E-state index in [2.05, 4.69) is 5.32 Å². The summed E-state index contributed by atoms with van der Waals surface area (Å²) >= 11 is 0. The van der Waals surface area contributed by atoms with Crippen LogP contribution in [0.5, 0.6) is 0 Å². The van der Waals surface area contributed by atoms with Crippen LogP contribution in [0.2, 0.25) is 0 Å². The number of carboxylic acid groups (broad SMARTS) is 2. The number of aliphatic hydroxyl groups excluding tert-OH is 3. The smallest absolute Gasteiger partial charge is 0.408 e. The highest BCUT2D eigenvalue weighted by Gasteiger charge is 2.42. The Morgan fingerprint density at radius 3 is 1.76 bits per heavy atom. The molecule has 1 fully saturated rings. The van der Waals surface area contributed by atoms with Crippen LogP contribution in [-0.4, -0.2) is 116 Å². The van der Waals surface area contributed by atoms with Gasteiger partial charge in [0.1, 0.15) is 6.10 Å². The zero-order valence-corrected chi connectivity index (χ0v) is 23.8. The first-order valence-corrected chi connectivity index (χ1v) is 13.8. The summed E-state index contributed by atoms with van der Waals surface area (Å²) in [5, 5.41) is 56.1. The number of benzene rings is 2. The number of nitrogens with one attached hydrogen (secondary N) is 1. The summed E-state index contributed by atoms with van der Waals surface area (Å²) in [6, 6.07) is 15.9. The van der Waals surface area contributed by atoms with Crippen molar-refractivity contribution in [3.05, 3.63) is 71.8 Å². The molecule has 226 valence electrons. The highest BCUT2D eigenvalue weighted by molar-refractivity contribution is 5.67. The second kappa shape index (κ2) is 14.6. The number of rotatable bonds is 13. The van der Waals surface area contributed by atoms with E-state index < -0.39 is 54.2 Å². The second-order valence-corrected chi connectivity index (χ2v) is 11.5. The molecular formula is C30H43N3O8. The maximum absolute atomic E-state index is 12.4. The predicted octanol–water partition coefficient (Wildman–Crippen LogP) is 2.04. The van der Waals surface area contributed by atoms with Crippen molar-refractivity contribution in [2.24, 2.45) is 0 Å². The SMILES string of the molecule is CC(C)(C)N(C(=O)O)[C@@H](Cc1ccccc1)[C@H](O)CNC[C@@H](O)[C@H](Cc1ccccc1)N(C(=O)O)C1COC[C@H]1O. The Balaban J connectivity index is 1.77. The van der Waals surface area contributed by atoms with Gasteiger partial charge in [0.25, 0.3) is 0 Å². The lowest BCUT2D eigenvalue weighted by molar-refractivity contribution is -0.00411. The van der Waals surface area contributed by atoms with Gasteiger partial charge in [-0.15, -0.1) is 0 Å². The normalized spacial score (nSPS) is 20.1. The third kappa shape index (κ3) is 8.88. The Bertz CT molecular complexity index is 1100. The van der Waals surface area contributed by atoms with E-state index in [0.29, 0.717) is 0 Å². The third-order valence-electron chi connectivity index (χ3n) is 7.39. The summed E-state index contributed by atoms with van der Waals surface area (Å²) in [6.07, 6.45) is -5.35. The van der Waals surface area contributed by atoms with Gasteiger partial charge in [0.15, 0.2) is 0 Å². The number of amides is 2. The molecule has 0 bridgehead atoms. The molecular weight excluding hydrogens is 530 g/mol. The summed E-state index contributed by atoms with van der Waals surface area (Å²) in [7, 11) is 0. The van der Waals surface area contributed by atoms with Crippen molar-refractivity contribution in [1.82, 2.24) is 15.1 Å². The van der Waals surface area contributed by atoms with Gasteiger partial charge < -0.3 is 35.6 Å². The average molecular weight is 574 g/mol. The van der Waals surface area contributed by atoms with Crippen LogP contribution in [0.1, 0.15) is 31.9 Å². The number of ether oxygens (including phenoxy) is 1. The van der Waals surface area contributed by atoms with Gasteiger partial charge in [-0.1, -0.05) is 60.7 Å². The summed E-state index contributed by atoms with van der Waals surface area (Å²) < 4.78 is 5.30. The summed E-state index contributed by atoms with van der Waals surface area (Å²) in [5.74, 6) is 0. The van der Waals surface area contributed by atoms with Crippen LogP contribution in [0.3, 0.4) is 0 Å². The van der Waals surface area contributed by atoms with Crippen LogP contribution in [0.4, 0.5) is 9.59 Å². The molecule has 1 saturated heterocycles. The minimum Gasteiger partial charge on any atom is -0.465 e. The molecule has 0 aromatic heterocycles. The Kier molecular flexibility index (Phi) is 11.5. The van der Waals surface area contributed by atoms with Crippen LogP contribution >= 0.6 is 0 Å². The minimum atomic E-state index is -1.29. The highest BCUT2D eigenvalue weighted by Crippen LogP contribution is 2.24. The number of aliphatic hydroxyl groups is 3. The highest BCUT2D eigenvalue weighted by atomic mass is 16.5. The Morgan fingerprint density at radius 2 is 1.34 bits per heavy atom. The van der Waals surface area contributed by atoms with E-state index in [1.54, 1.807) is 20.8 Å². The van der Waals surface area contributed by atoms with Gasteiger partial charge in [0.05, 0.1) is 43.5 Å². The van der Waals surface area contributed by atoms with Gasteiger partial charge in [-0.25, -0.2) is 9.59 Å². The summed E-state index contributed by atoms with van der Waals surface area (Å²) in [4.78, 5) is 27.0. The average Bonchev–Trinajstić information content (AvgIpc) is 3.32. The van der Waals surface area contributed by atoms with Gasteiger partial charge in [0, 0.05) is 18.6 Å². The van der Waals surface area contributed by atoms with Crippen LogP contribution in [0.15, 0.2) is 60.7 Å². The molecule has 2 aromatic carbocycles. The Hall–Kier alpha value is -3.22. The number of carbonyl (C=O) groups is 2. The van der Waals surface area contributed by atoms with Crippen molar-refractivity contribution in [1.29, 1.82) is 0 Å². The van der Waals surface area contributed by atoms with Crippen molar-refractivity contribution >= 4 is 12.2 Å². The van der Waals surface area contributed by atoms with E-state index >= 15 is 0 Å². The number of hydrogen-bond donors (Lipinski definition) is 6. The molecule has 6 atom stereocenters. The maximum Gasteiger partial charge on any atom is 0.408 e. The van der Waals surface area contributed by atoms with Crippen LogP contribution in [0, 0.1) is 0 Å². The monoisotopic (exact) mass is 573 g/mol. The van der Waals surface area contributed by atoms with Crippen LogP contribution in [-0.2, 0) is 17.6 Å². The van der Waals surface area contributed by atoms with E-state index in [1.807, 2.05) is 60.7 Å². The van der Waals surface area contributed by atoms with Crippen LogP contribution in [0.25, 0.3) is 0 Å². The van der Waals surface area contributed by atoms with E-state index in [-0.39, 0.29) is 39.1 Å². The standard InChI is InChI=1S/C30H43N3O8/c1-30(2,3)33(29(39)40)23(15-21-12-8-5-9-13-21)26(35)17-31-16-25(34)22(14-20-10-6-4-7-11-20)32(28(37)38)24-18-41-19-27(24)36/h4-13,22-27,31,34-36H,14-19H2,1-3H3,(H,37,38)(H,39,40)/t22-,23-,24?,25+,26+,27+/m0/s1. The Labute approximate surface area is 241 Å². The first-order chi connectivity index (χ1) is 19.4. The quantitative estimate of drug-likeness (QED) is 0.210. The van der Waals surface area contributed by atoms with E-state index in [0.717, 1.165) is 16.0 Å². The molecule has 0 saturated carbocycles. The minimum absolute atomic E-state index is 0.00367. The number of hydrogen-bond acceptors (Lipinski definition) is 7. The molecule has 1 aliphatic heterocycles. The lowest BCUT2D eigenvalue weighted by Crippen LogP contribution is -2.59. The van der Waals surface area contributed by atoms with Gasteiger partial charge in [-0.3, -0.25) is 9.80 Å². The molecule has 11 nitrogen and oxygen atoms in total. The maximum atomic E-state index is 12.4. The topological polar surface area (TPSA) is 163 Å². The fourth-order valence-corrected chi connectivity index (χ4v) is 5.43. The molecule has 41 heavy (non-hydrogen) atoms. The van der Waals surface area contributed by atoms with Crippen molar-refractivity contribution < 1.29 is 39.9 Å². The van der Waals surface area contributed by atoms with Crippen molar-refractivity contribution in [2.45, 2.75) is 75.6 Å². The summed E-state index contributed by atoms with van der Waals surface area (Å²) in [6.45, 7) is 5.17. The fourth-order valence-electron chi connectivity index (χ4n) is 5.43. The first-order valence-electron chi connectivity index (χ1n) is 13.8. The van der Waals surface area contributed by atoms with E-state index in [9.17, 15) is 35.1 Å². The van der Waals surface area contributed by atoms with Gasteiger partial charge in [-0.2, -0.15) is 0 Å². The lowest BCUT2D eigenvalue weighted by atomic mass is 9.94. The molecule has 1 aliphatic rings. The van der Waals surface area contributed by atoms with Crippen LogP contribution < -0.4 is 5.32 Å². The van der Waals surface area contributed by atoms with Crippen molar-refractivity contribution in [3.8, 4) is 0 Å². The lowest BCUT2D eigenvalue weighted by Gasteiger charge is -2.42. The van der Waals surface area contributed by atoms with Crippen molar-refractivity contribution in [2.75, 3.05) is 26.3 Å². The predicted molar refractivity (Wildman–Crippen MR) is 153 cm³/mol. The molecule has 1 heterocycles. The molecule has 0 spiro atoms. The molecule has 2 aromatic rings. The molecule has 0 aliphatic carbocycles. The molecule has 1 unspecified atom stereocenters. The molecule has 2 amide bonds. The molecule has 3 rings (SSSR count). The zero-order chi connectivity index (χ0) is 30.2. The van der Waals surface area contributed by atoms with Gasteiger partial charge >= 0.3 is 12.2 Å². The fraction of sp³-hybridized carbons (Fsp3) is 0.533. The van der Waals surface area contributed by atoms with Gasteiger partial charge in [-0.05, 0) is 44.7 Å². The molecule has 11 heteroatoms. The van der Waals surface area contributed by atoms with E-state index in [1.165, 1.54) is 4.90 Å². The van der Waals surface area contributed by atoms with Crippen molar-refractivity contribution in [3.63, 3.8) is 0 Å². The van der Waals surface area contributed by atoms with E-state index in [4.69, 9.17) is 4.74 Å². The Morgan fingerprint density at radius 1 is 0.854 bits per heavy atom. The number of nitrogens with zero attached hydrogens (tertiary/aromatic N) is 2. The second-order valence-electron chi connectivity index (χ2n) is 11.5. The first kappa shape index (κ1) is 32.3. The van der Waals surface area contributed by atoms with Gasteiger partial charge in [0.2, 0.25) is 0 Å². The largest absolute Gasteiger partial charge is 0.465 e. The summed E-state index contributed by atoms with van der Waals surface area (Å²) in [5.41, 5.74) is 0.879. The molecule has 6 N–H and O–H groups in total. The zero-order valence-electron chi connectivity index (χ0n) is 23.8. The molecule has 0 radical (unpaired) electrons.